The lowest BCUT2D eigenvalue weighted by atomic mass is 10.0. The normalized spacial score (nSPS) is 21.8. The van der Waals surface area contributed by atoms with Crippen molar-refractivity contribution in [2.45, 2.75) is 71.1 Å². The van der Waals surface area contributed by atoms with Gasteiger partial charge in [0.05, 0.1) is 30.9 Å². The van der Waals surface area contributed by atoms with E-state index in [1.54, 1.807) is 24.3 Å². The van der Waals surface area contributed by atoms with Crippen LogP contribution in [0.4, 0.5) is 0 Å². The Morgan fingerprint density at radius 2 is 1.73 bits per heavy atom. The van der Waals surface area contributed by atoms with E-state index in [4.69, 9.17) is 4.74 Å². The van der Waals surface area contributed by atoms with E-state index in [1.807, 2.05) is 27.7 Å². The molecule has 0 spiro atoms. The topological polar surface area (TPSA) is 166 Å². The second-order valence-electron chi connectivity index (χ2n) is 10.1. The number of amides is 4. The van der Waals surface area contributed by atoms with E-state index in [9.17, 15) is 29.4 Å². The van der Waals surface area contributed by atoms with Gasteiger partial charge in [0.15, 0.2) is 0 Å². The molecule has 0 saturated carbocycles. The maximum Gasteiger partial charge on any atom is 0.255 e. The van der Waals surface area contributed by atoms with Gasteiger partial charge in [-0.2, -0.15) is 0 Å². The third kappa shape index (κ3) is 9.32. The molecule has 1 heterocycles. The molecule has 0 unspecified atom stereocenters. The molecule has 11 heteroatoms. The summed E-state index contributed by atoms with van der Waals surface area (Å²) in [6.45, 7) is 6.87. The van der Waals surface area contributed by atoms with Gasteiger partial charge >= 0.3 is 0 Å². The zero-order chi connectivity index (χ0) is 27.5. The van der Waals surface area contributed by atoms with Crippen LogP contribution in [0.3, 0.4) is 0 Å². The Morgan fingerprint density at radius 1 is 1.05 bits per heavy atom. The first-order valence-corrected chi connectivity index (χ1v) is 12.7. The molecule has 11 nitrogen and oxygen atoms in total. The lowest BCUT2D eigenvalue weighted by Crippen LogP contribution is -2.53. The van der Waals surface area contributed by atoms with Crippen molar-refractivity contribution >= 4 is 23.6 Å². The summed E-state index contributed by atoms with van der Waals surface area (Å²) in [5.41, 5.74) is 0.187. The minimum absolute atomic E-state index is 0.00935. The Kier molecular flexibility index (Phi) is 11.8. The smallest absolute Gasteiger partial charge is 0.255 e. The molecule has 3 atom stereocenters. The molecule has 0 bridgehead atoms. The highest BCUT2D eigenvalue weighted by molar-refractivity contribution is 6.00. The Balaban J connectivity index is 2.41. The molecule has 0 saturated heterocycles. The standard InChI is InChI=1S/C26H40N4O7/c1-15(2)11-20-26(36)30-21(16(3)4)14-37-22-8-6-5-7-18(22)24(34)29-19(9-10-23(33)28-20)25(35)27-17(12-31)13-32/h5-8,15-17,19-21,31-32H,9-14H2,1-4H3,(H,27,35)(H,28,33)(H,29,34)(H,30,36)/t19-,20-,21-/m0/s1. The Labute approximate surface area is 217 Å². The predicted octanol–water partition coefficient (Wildman–Crippen LogP) is 0.0987. The van der Waals surface area contributed by atoms with Gasteiger partial charge in [0.2, 0.25) is 17.7 Å². The third-order valence-electron chi connectivity index (χ3n) is 6.11. The van der Waals surface area contributed by atoms with Crippen molar-refractivity contribution in [3.63, 3.8) is 0 Å². The average molecular weight is 521 g/mol. The van der Waals surface area contributed by atoms with E-state index in [0.29, 0.717) is 6.42 Å². The summed E-state index contributed by atoms with van der Waals surface area (Å²) < 4.78 is 5.96. The number of rotatable bonds is 7. The van der Waals surface area contributed by atoms with Gasteiger partial charge in [-0.3, -0.25) is 19.2 Å². The van der Waals surface area contributed by atoms with Crippen LogP contribution in [0.5, 0.6) is 5.75 Å². The largest absolute Gasteiger partial charge is 0.491 e. The van der Waals surface area contributed by atoms with Gasteiger partial charge in [0.1, 0.15) is 24.4 Å². The van der Waals surface area contributed by atoms with Crippen LogP contribution in [0.25, 0.3) is 0 Å². The fourth-order valence-electron chi connectivity index (χ4n) is 3.84. The second-order valence-corrected chi connectivity index (χ2v) is 10.1. The summed E-state index contributed by atoms with van der Waals surface area (Å²) in [4.78, 5) is 52.0. The van der Waals surface area contributed by atoms with E-state index >= 15 is 0 Å². The first-order valence-electron chi connectivity index (χ1n) is 12.7. The van der Waals surface area contributed by atoms with Crippen molar-refractivity contribution in [1.29, 1.82) is 0 Å². The first-order chi connectivity index (χ1) is 17.5. The number of hydrogen-bond acceptors (Lipinski definition) is 7. The molecule has 0 fully saturated rings. The second kappa shape index (κ2) is 14.5. The zero-order valence-electron chi connectivity index (χ0n) is 22.0. The summed E-state index contributed by atoms with van der Waals surface area (Å²) in [5, 5.41) is 29.5. The fraction of sp³-hybridized carbons (Fsp3) is 0.615. The van der Waals surface area contributed by atoms with Crippen molar-refractivity contribution in [3.05, 3.63) is 29.8 Å². The maximum absolute atomic E-state index is 13.2. The fourth-order valence-corrected chi connectivity index (χ4v) is 3.84. The number of carbonyl (C=O) groups excluding carboxylic acids is 4. The number of aliphatic hydroxyl groups excluding tert-OH is 2. The summed E-state index contributed by atoms with van der Waals surface area (Å²) in [7, 11) is 0. The highest BCUT2D eigenvalue weighted by Crippen LogP contribution is 2.20. The van der Waals surface area contributed by atoms with Crippen LogP contribution in [0.1, 0.15) is 57.3 Å². The van der Waals surface area contributed by atoms with Gasteiger partial charge in [-0.1, -0.05) is 39.8 Å². The molecule has 0 aliphatic carbocycles. The number of carbonyl (C=O) groups is 4. The van der Waals surface area contributed by atoms with Crippen molar-refractivity contribution in [2.75, 3.05) is 19.8 Å². The van der Waals surface area contributed by atoms with Crippen molar-refractivity contribution in [3.8, 4) is 5.75 Å². The highest BCUT2D eigenvalue weighted by Gasteiger charge is 2.29. The number of fused-ring (bicyclic) bond motifs is 1. The molecule has 1 aromatic rings. The van der Waals surface area contributed by atoms with E-state index in [-0.39, 0.29) is 54.5 Å². The minimum Gasteiger partial charge on any atom is -0.491 e. The van der Waals surface area contributed by atoms with Crippen molar-refractivity contribution in [1.82, 2.24) is 21.3 Å². The van der Waals surface area contributed by atoms with Crippen LogP contribution < -0.4 is 26.0 Å². The molecule has 6 N–H and O–H groups in total. The van der Waals surface area contributed by atoms with Crippen LogP contribution in [0.2, 0.25) is 0 Å². The van der Waals surface area contributed by atoms with E-state index < -0.39 is 49.1 Å². The summed E-state index contributed by atoms with van der Waals surface area (Å²) in [6.07, 6.45) is 0.205. The number of hydrogen-bond donors (Lipinski definition) is 6. The Bertz CT molecular complexity index is 933. The highest BCUT2D eigenvalue weighted by atomic mass is 16.5. The van der Waals surface area contributed by atoms with E-state index in [1.165, 1.54) is 0 Å². The third-order valence-corrected chi connectivity index (χ3v) is 6.11. The minimum atomic E-state index is -1.14. The van der Waals surface area contributed by atoms with Crippen LogP contribution in [0.15, 0.2) is 24.3 Å². The van der Waals surface area contributed by atoms with E-state index in [2.05, 4.69) is 21.3 Å². The summed E-state index contributed by atoms with van der Waals surface area (Å²) in [6, 6.07) is 3.33. The molecule has 0 radical (unpaired) electrons. The first kappa shape index (κ1) is 30.0. The summed E-state index contributed by atoms with van der Waals surface area (Å²) >= 11 is 0. The zero-order valence-corrected chi connectivity index (χ0v) is 22.0. The molecule has 206 valence electrons. The molecular formula is C26H40N4O7. The Morgan fingerprint density at radius 3 is 2.35 bits per heavy atom. The Hall–Kier alpha value is -3.18. The molecule has 2 rings (SSSR count). The molecule has 4 amide bonds. The van der Waals surface area contributed by atoms with E-state index in [0.717, 1.165) is 0 Å². The number of aliphatic hydroxyl groups is 2. The molecule has 37 heavy (non-hydrogen) atoms. The van der Waals surface area contributed by atoms with Crippen molar-refractivity contribution in [2.24, 2.45) is 11.8 Å². The molecule has 1 aliphatic heterocycles. The predicted molar refractivity (Wildman–Crippen MR) is 137 cm³/mol. The van der Waals surface area contributed by atoms with Crippen LogP contribution >= 0.6 is 0 Å². The lowest BCUT2D eigenvalue weighted by Gasteiger charge is -2.27. The van der Waals surface area contributed by atoms with Gasteiger partial charge in [-0.05, 0) is 36.8 Å². The van der Waals surface area contributed by atoms with Gasteiger partial charge in [0.25, 0.3) is 5.91 Å². The molecule has 1 aromatic carbocycles. The van der Waals surface area contributed by atoms with Gasteiger partial charge in [-0.25, -0.2) is 0 Å². The molecule has 1 aliphatic rings. The lowest BCUT2D eigenvalue weighted by molar-refractivity contribution is -0.130. The van der Waals surface area contributed by atoms with Crippen LogP contribution in [0, 0.1) is 11.8 Å². The van der Waals surface area contributed by atoms with Crippen molar-refractivity contribution < 1.29 is 34.1 Å². The number of nitrogens with one attached hydrogen (secondary N) is 4. The average Bonchev–Trinajstić information content (AvgIpc) is 2.86. The molecule has 0 aromatic heterocycles. The maximum atomic E-state index is 13.2. The van der Waals surface area contributed by atoms with Gasteiger partial charge in [0, 0.05) is 6.42 Å². The van der Waals surface area contributed by atoms with Gasteiger partial charge < -0.3 is 36.2 Å². The quantitative estimate of drug-likeness (QED) is 0.297. The van der Waals surface area contributed by atoms with Crippen LogP contribution in [-0.4, -0.2) is 77.8 Å². The molecular weight excluding hydrogens is 480 g/mol. The number of para-hydroxylation sites is 1. The van der Waals surface area contributed by atoms with Gasteiger partial charge in [-0.15, -0.1) is 0 Å². The van der Waals surface area contributed by atoms with Crippen LogP contribution in [-0.2, 0) is 14.4 Å². The number of ether oxygens (including phenoxy) is 1. The monoisotopic (exact) mass is 520 g/mol. The SMILES string of the molecule is CC(C)C[C@@H]1NC(=O)CC[C@@H](C(=O)NC(CO)CO)NC(=O)c2ccccc2OC[C@@H](C(C)C)NC1=O. The summed E-state index contributed by atoms with van der Waals surface area (Å²) in [5.74, 6) is -1.59. The number of benzene rings is 1.